The number of nitrogens with zero attached hydrogens (tertiary/aromatic N) is 1. The quantitative estimate of drug-likeness (QED) is 0.858. The van der Waals surface area contributed by atoms with E-state index in [2.05, 4.69) is 4.98 Å². The van der Waals surface area contributed by atoms with Gasteiger partial charge in [0.1, 0.15) is 5.75 Å². The molecule has 2 rings (SSSR count). The Bertz CT molecular complexity index is 516. The summed E-state index contributed by atoms with van der Waals surface area (Å²) < 4.78 is 5.56. The number of hydrogen-bond donors (Lipinski definition) is 1. The van der Waals surface area contributed by atoms with E-state index in [4.69, 9.17) is 22.1 Å². The van der Waals surface area contributed by atoms with Gasteiger partial charge >= 0.3 is 0 Å². The Balaban J connectivity index is 2.19. The second-order valence-corrected chi connectivity index (χ2v) is 4.64. The van der Waals surface area contributed by atoms with Crippen molar-refractivity contribution in [3.8, 4) is 11.6 Å². The zero-order chi connectivity index (χ0) is 12.3. The largest absolute Gasteiger partial charge is 0.437 e. The first-order chi connectivity index (χ1) is 8.19. The summed E-state index contributed by atoms with van der Waals surface area (Å²) in [4.78, 5) is 5.21. The van der Waals surface area contributed by atoms with Crippen molar-refractivity contribution in [1.29, 1.82) is 0 Å². The van der Waals surface area contributed by atoms with E-state index in [1.54, 1.807) is 17.8 Å². The van der Waals surface area contributed by atoms with E-state index in [-0.39, 0.29) is 0 Å². The van der Waals surface area contributed by atoms with Crippen molar-refractivity contribution in [2.24, 2.45) is 0 Å². The van der Waals surface area contributed by atoms with Crippen LogP contribution in [0.3, 0.4) is 0 Å². The van der Waals surface area contributed by atoms with Gasteiger partial charge in [-0.3, -0.25) is 0 Å². The fraction of sp³-hybridized carbons (Fsp3) is 0.0833. The first-order valence-corrected chi connectivity index (χ1v) is 6.52. The Kier molecular flexibility index (Phi) is 3.76. The van der Waals surface area contributed by atoms with Crippen molar-refractivity contribution >= 4 is 29.1 Å². The SMILES string of the molecule is CSc1ccc(Oc2ncc(Cl)cc2N)cc1. The molecule has 5 heteroatoms. The lowest BCUT2D eigenvalue weighted by Gasteiger charge is -2.07. The van der Waals surface area contributed by atoms with Gasteiger partial charge in [-0.1, -0.05) is 11.6 Å². The number of rotatable bonds is 3. The minimum absolute atomic E-state index is 0.367. The molecule has 2 aromatic rings. The van der Waals surface area contributed by atoms with Crippen LogP contribution in [-0.4, -0.2) is 11.2 Å². The minimum Gasteiger partial charge on any atom is -0.437 e. The van der Waals surface area contributed by atoms with Gasteiger partial charge in [-0.2, -0.15) is 0 Å². The van der Waals surface area contributed by atoms with Crippen LogP contribution in [0.5, 0.6) is 11.6 Å². The number of benzene rings is 1. The Morgan fingerprint density at radius 2 is 2.00 bits per heavy atom. The van der Waals surface area contributed by atoms with E-state index >= 15 is 0 Å². The van der Waals surface area contributed by atoms with Crippen molar-refractivity contribution in [3.63, 3.8) is 0 Å². The second-order valence-electron chi connectivity index (χ2n) is 3.33. The number of nitrogen functional groups attached to an aromatic ring is 1. The predicted octanol–water partition coefficient (Wildman–Crippen LogP) is 3.83. The molecule has 1 heterocycles. The van der Waals surface area contributed by atoms with Crippen LogP contribution < -0.4 is 10.5 Å². The van der Waals surface area contributed by atoms with Gasteiger partial charge in [0.2, 0.25) is 5.88 Å². The molecule has 0 aliphatic rings. The number of pyridine rings is 1. The van der Waals surface area contributed by atoms with Crippen LogP contribution in [0.2, 0.25) is 5.02 Å². The average molecular weight is 267 g/mol. The summed E-state index contributed by atoms with van der Waals surface area (Å²) in [6.45, 7) is 0. The Morgan fingerprint density at radius 3 is 2.59 bits per heavy atom. The molecule has 17 heavy (non-hydrogen) atoms. The number of aromatic nitrogens is 1. The fourth-order valence-electron chi connectivity index (χ4n) is 1.28. The molecule has 0 radical (unpaired) electrons. The molecule has 0 saturated heterocycles. The van der Waals surface area contributed by atoms with Gasteiger partial charge in [-0.05, 0) is 36.6 Å². The third kappa shape index (κ3) is 3.05. The smallest absolute Gasteiger partial charge is 0.242 e. The molecule has 3 nitrogen and oxygen atoms in total. The summed E-state index contributed by atoms with van der Waals surface area (Å²) in [5, 5.41) is 0.493. The summed E-state index contributed by atoms with van der Waals surface area (Å²) in [7, 11) is 0. The molecule has 0 bridgehead atoms. The van der Waals surface area contributed by atoms with Crippen LogP contribution in [-0.2, 0) is 0 Å². The van der Waals surface area contributed by atoms with Gasteiger partial charge in [0, 0.05) is 11.1 Å². The molecule has 0 aliphatic heterocycles. The molecule has 1 aromatic heterocycles. The number of thioether (sulfide) groups is 1. The molecule has 0 spiro atoms. The predicted molar refractivity (Wildman–Crippen MR) is 72.0 cm³/mol. The monoisotopic (exact) mass is 266 g/mol. The normalized spacial score (nSPS) is 10.2. The van der Waals surface area contributed by atoms with Crippen LogP contribution >= 0.6 is 23.4 Å². The minimum atomic E-state index is 0.367. The molecule has 2 N–H and O–H groups in total. The third-order valence-corrected chi connectivity index (χ3v) is 3.07. The molecular weight excluding hydrogens is 256 g/mol. The summed E-state index contributed by atoms with van der Waals surface area (Å²) >= 11 is 7.43. The molecule has 0 amide bonds. The van der Waals surface area contributed by atoms with Crippen molar-refractivity contribution in [3.05, 3.63) is 41.6 Å². The van der Waals surface area contributed by atoms with Crippen molar-refractivity contribution in [1.82, 2.24) is 4.98 Å². The van der Waals surface area contributed by atoms with Crippen LogP contribution in [0.15, 0.2) is 41.4 Å². The highest BCUT2D eigenvalue weighted by molar-refractivity contribution is 7.98. The maximum Gasteiger partial charge on any atom is 0.242 e. The topological polar surface area (TPSA) is 48.1 Å². The first-order valence-electron chi connectivity index (χ1n) is 4.92. The average Bonchev–Trinajstić information content (AvgIpc) is 2.34. The Hall–Kier alpha value is -1.39. The van der Waals surface area contributed by atoms with Crippen LogP contribution in [0.1, 0.15) is 0 Å². The van der Waals surface area contributed by atoms with E-state index in [1.807, 2.05) is 30.5 Å². The van der Waals surface area contributed by atoms with Crippen LogP contribution in [0.25, 0.3) is 0 Å². The summed E-state index contributed by atoms with van der Waals surface area (Å²) in [5.41, 5.74) is 6.17. The number of hydrogen-bond acceptors (Lipinski definition) is 4. The number of nitrogens with two attached hydrogens (primary N) is 1. The zero-order valence-electron chi connectivity index (χ0n) is 9.18. The van der Waals surface area contributed by atoms with Gasteiger partial charge in [-0.25, -0.2) is 4.98 Å². The molecule has 0 aliphatic carbocycles. The van der Waals surface area contributed by atoms with E-state index in [0.717, 1.165) is 0 Å². The fourth-order valence-corrected chi connectivity index (χ4v) is 1.86. The number of halogens is 1. The van der Waals surface area contributed by atoms with Crippen molar-refractivity contribution in [2.75, 3.05) is 12.0 Å². The standard InChI is InChI=1S/C12H11ClN2OS/c1-17-10-4-2-9(3-5-10)16-12-11(14)6-8(13)7-15-12/h2-7H,14H2,1H3. The highest BCUT2D eigenvalue weighted by Gasteiger charge is 2.04. The second kappa shape index (κ2) is 5.29. The lowest BCUT2D eigenvalue weighted by Crippen LogP contribution is -1.94. The molecular formula is C12H11ClN2OS. The zero-order valence-corrected chi connectivity index (χ0v) is 10.8. The van der Waals surface area contributed by atoms with Crippen LogP contribution in [0, 0.1) is 0 Å². The van der Waals surface area contributed by atoms with Gasteiger partial charge in [-0.15, -0.1) is 11.8 Å². The molecule has 0 saturated carbocycles. The van der Waals surface area contributed by atoms with Gasteiger partial charge < -0.3 is 10.5 Å². The van der Waals surface area contributed by atoms with Gasteiger partial charge in [0.15, 0.2) is 0 Å². The molecule has 0 atom stereocenters. The number of ether oxygens (including phenoxy) is 1. The Morgan fingerprint density at radius 1 is 1.29 bits per heavy atom. The van der Waals surface area contributed by atoms with Crippen molar-refractivity contribution < 1.29 is 4.74 Å². The lowest BCUT2D eigenvalue weighted by atomic mass is 10.3. The van der Waals surface area contributed by atoms with E-state index in [1.165, 1.54) is 11.1 Å². The van der Waals surface area contributed by atoms with Gasteiger partial charge in [0.05, 0.1) is 10.7 Å². The molecule has 1 aromatic carbocycles. The first kappa shape index (κ1) is 12.1. The van der Waals surface area contributed by atoms with E-state index < -0.39 is 0 Å². The van der Waals surface area contributed by atoms with E-state index in [0.29, 0.717) is 22.3 Å². The molecule has 88 valence electrons. The van der Waals surface area contributed by atoms with Crippen LogP contribution in [0.4, 0.5) is 5.69 Å². The highest BCUT2D eigenvalue weighted by Crippen LogP contribution is 2.28. The molecule has 0 unspecified atom stereocenters. The summed E-state index contributed by atoms with van der Waals surface area (Å²) in [5.74, 6) is 1.07. The van der Waals surface area contributed by atoms with Crippen molar-refractivity contribution in [2.45, 2.75) is 4.90 Å². The number of anilines is 1. The lowest BCUT2D eigenvalue weighted by molar-refractivity contribution is 0.465. The highest BCUT2D eigenvalue weighted by atomic mass is 35.5. The van der Waals surface area contributed by atoms with E-state index in [9.17, 15) is 0 Å². The molecule has 0 fully saturated rings. The third-order valence-electron chi connectivity index (χ3n) is 2.12. The summed E-state index contributed by atoms with van der Waals surface area (Å²) in [6, 6.07) is 9.32. The summed E-state index contributed by atoms with van der Waals surface area (Å²) in [6.07, 6.45) is 3.53. The van der Waals surface area contributed by atoms with Gasteiger partial charge in [0.25, 0.3) is 0 Å². The maximum absolute atomic E-state index is 5.76. The Labute approximate surface area is 109 Å². The maximum atomic E-state index is 5.76.